The topological polar surface area (TPSA) is 78.7 Å². The molecule has 1 heterocycles. The van der Waals surface area contributed by atoms with Gasteiger partial charge in [0.15, 0.2) is 0 Å². The molecule has 0 saturated heterocycles. The Morgan fingerprint density at radius 3 is 2.60 bits per heavy atom. The molecule has 0 fully saturated rings. The molecular formula is C18H14N4OS2. The lowest BCUT2D eigenvalue weighted by molar-refractivity contribution is 0.102. The predicted molar refractivity (Wildman–Crippen MR) is 99.0 cm³/mol. The Labute approximate surface area is 153 Å². The molecule has 3 aromatic rings. The molecule has 0 aliphatic carbocycles. The van der Waals surface area contributed by atoms with Crippen LogP contribution in [0, 0.1) is 11.3 Å². The SMILES string of the molecule is CCc1nnc(NC(=O)c2ccccc2Sc2ccccc2C#N)s1. The Bertz CT molecular complexity index is 946. The molecule has 0 radical (unpaired) electrons. The number of rotatable bonds is 5. The summed E-state index contributed by atoms with van der Waals surface area (Å²) in [5.41, 5.74) is 1.12. The third-order valence-corrected chi connectivity index (χ3v) is 5.48. The van der Waals surface area contributed by atoms with Crippen LogP contribution in [-0.2, 0) is 6.42 Å². The van der Waals surface area contributed by atoms with Gasteiger partial charge in [-0.25, -0.2) is 0 Å². The van der Waals surface area contributed by atoms with E-state index in [1.807, 2.05) is 43.3 Å². The number of nitriles is 1. The Morgan fingerprint density at radius 2 is 1.88 bits per heavy atom. The van der Waals surface area contributed by atoms with Gasteiger partial charge in [-0.15, -0.1) is 10.2 Å². The zero-order valence-corrected chi connectivity index (χ0v) is 15.0. The molecule has 2 aromatic carbocycles. The summed E-state index contributed by atoms with van der Waals surface area (Å²) in [4.78, 5) is 14.2. The minimum absolute atomic E-state index is 0.239. The highest BCUT2D eigenvalue weighted by Crippen LogP contribution is 2.33. The van der Waals surface area contributed by atoms with E-state index in [0.29, 0.717) is 16.3 Å². The molecule has 0 aliphatic rings. The number of carbonyl (C=O) groups is 1. The van der Waals surface area contributed by atoms with E-state index in [1.54, 1.807) is 12.1 Å². The Hall–Kier alpha value is -2.69. The molecule has 1 amide bonds. The van der Waals surface area contributed by atoms with E-state index in [2.05, 4.69) is 21.6 Å². The number of hydrogen-bond acceptors (Lipinski definition) is 6. The average molecular weight is 366 g/mol. The van der Waals surface area contributed by atoms with Crippen molar-refractivity contribution in [2.75, 3.05) is 5.32 Å². The summed E-state index contributed by atoms with van der Waals surface area (Å²) in [7, 11) is 0. The van der Waals surface area contributed by atoms with Crippen molar-refractivity contribution in [2.45, 2.75) is 23.1 Å². The lowest BCUT2D eigenvalue weighted by atomic mass is 10.2. The molecular weight excluding hydrogens is 352 g/mol. The molecule has 0 unspecified atom stereocenters. The lowest BCUT2D eigenvalue weighted by Crippen LogP contribution is -2.12. The monoisotopic (exact) mass is 366 g/mol. The van der Waals surface area contributed by atoms with Gasteiger partial charge in [0.1, 0.15) is 11.1 Å². The molecule has 0 bridgehead atoms. The quantitative estimate of drug-likeness (QED) is 0.725. The largest absolute Gasteiger partial charge is 0.296 e. The van der Waals surface area contributed by atoms with Crippen LogP contribution < -0.4 is 5.32 Å². The number of hydrogen-bond donors (Lipinski definition) is 1. The van der Waals surface area contributed by atoms with Crippen molar-refractivity contribution in [3.63, 3.8) is 0 Å². The van der Waals surface area contributed by atoms with Crippen LogP contribution in [0.15, 0.2) is 58.3 Å². The summed E-state index contributed by atoms with van der Waals surface area (Å²) in [5, 5.41) is 21.4. The number of benzene rings is 2. The molecule has 0 atom stereocenters. The fourth-order valence-electron chi connectivity index (χ4n) is 2.12. The molecule has 3 rings (SSSR count). The second-order valence-electron chi connectivity index (χ2n) is 5.01. The van der Waals surface area contributed by atoms with Crippen molar-refractivity contribution in [1.29, 1.82) is 5.26 Å². The van der Waals surface area contributed by atoms with E-state index in [0.717, 1.165) is 21.2 Å². The fraction of sp³-hybridized carbons (Fsp3) is 0.111. The Morgan fingerprint density at radius 1 is 1.16 bits per heavy atom. The highest BCUT2D eigenvalue weighted by Gasteiger charge is 2.15. The Kier molecular flexibility index (Phi) is 5.43. The number of aromatic nitrogens is 2. The number of amides is 1. The number of nitrogens with zero attached hydrogens (tertiary/aromatic N) is 3. The van der Waals surface area contributed by atoms with Gasteiger partial charge in [-0.05, 0) is 30.7 Å². The number of anilines is 1. The molecule has 25 heavy (non-hydrogen) atoms. The van der Waals surface area contributed by atoms with E-state index < -0.39 is 0 Å². The smallest absolute Gasteiger partial charge is 0.258 e. The van der Waals surface area contributed by atoms with Crippen LogP contribution in [0.4, 0.5) is 5.13 Å². The highest BCUT2D eigenvalue weighted by molar-refractivity contribution is 7.99. The van der Waals surface area contributed by atoms with Crippen molar-refractivity contribution in [1.82, 2.24) is 10.2 Å². The van der Waals surface area contributed by atoms with Crippen molar-refractivity contribution < 1.29 is 4.79 Å². The van der Waals surface area contributed by atoms with Gasteiger partial charge in [-0.2, -0.15) is 5.26 Å². The van der Waals surface area contributed by atoms with Crippen molar-refractivity contribution in [3.8, 4) is 6.07 Å². The van der Waals surface area contributed by atoms with Crippen LogP contribution in [0.2, 0.25) is 0 Å². The first-order chi connectivity index (χ1) is 12.2. The van der Waals surface area contributed by atoms with Crippen molar-refractivity contribution in [3.05, 3.63) is 64.7 Å². The molecule has 124 valence electrons. The van der Waals surface area contributed by atoms with Gasteiger partial charge >= 0.3 is 0 Å². The van der Waals surface area contributed by atoms with Gasteiger partial charge in [0.05, 0.1) is 11.1 Å². The van der Waals surface area contributed by atoms with E-state index >= 15 is 0 Å². The molecule has 1 N–H and O–H groups in total. The fourth-order valence-corrected chi connectivity index (χ4v) is 3.82. The summed E-state index contributed by atoms with van der Waals surface area (Å²) in [6, 6.07) is 16.8. The first-order valence-electron chi connectivity index (χ1n) is 7.61. The minimum atomic E-state index is -0.239. The van der Waals surface area contributed by atoms with E-state index in [1.165, 1.54) is 23.1 Å². The maximum absolute atomic E-state index is 12.6. The third kappa shape index (κ3) is 4.05. The van der Waals surface area contributed by atoms with Crippen molar-refractivity contribution in [2.24, 2.45) is 0 Å². The summed E-state index contributed by atoms with van der Waals surface area (Å²) in [5.74, 6) is -0.239. The zero-order chi connectivity index (χ0) is 17.6. The lowest BCUT2D eigenvalue weighted by Gasteiger charge is -2.09. The van der Waals surface area contributed by atoms with Crippen LogP contribution in [0.3, 0.4) is 0 Å². The molecule has 7 heteroatoms. The van der Waals surface area contributed by atoms with Gasteiger partial charge in [-0.1, -0.05) is 54.3 Å². The number of nitrogens with one attached hydrogen (secondary N) is 1. The van der Waals surface area contributed by atoms with Crippen LogP contribution in [0.25, 0.3) is 0 Å². The second-order valence-corrected chi connectivity index (χ2v) is 7.16. The predicted octanol–water partition coefficient (Wildman–Crippen LogP) is 4.38. The summed E-state index contributed by atoms with van der Waals surface area (Å²) < 4.78 is 0. The molecule has 0 aliphatic heterocycles. The van der Waals surface area contributed by atoms with Gasteiger partial charge in [0.25, 0.3) is 5.91 Å². The first-order valence-corrected chi connectivity index (χ1v) is 9.24. The second kappa shape index (κ2) is 7.92. The third-order valence-electron chi connectivity index (χ3n) is 3.35. The van der Waals surface area contributed by atoms with Gasteiger partial charge in [0, 0.05) is 9.79 Å². The van der Waals surface area contributed by atoms with Gasteiger partial charge < -0.3 is 0 Å². The van der Waals surface area contributed by atoms with E-state index in [4.69, 9.17) is 0 Å². The van der Waals surface area contributed by atoms with Crippen LogP contribution in [0.5, 0.6) is 0 Å². The standard InChI is InChI=1S/C18H14N4OS2/c1-2-16-21-22-18(25-16)20-17(23)13-8-4-6-10-15(13)24-14-9-5-3-7-12(14)11-19/h3-10H,2H2,1H3,(H,20,22,23). The molecule has 5 nitrogen and oxygen atoms in total. The maximum Gasteiger partial charge on any atom is 0.258 e. The first kappa shape index (κ1) is 17.1. The minimum Gasteiger partial charge on any atom is -0.296 e. The summed E-state index contributed by atoms with van der Waals surface area (Å²) >= 11 is 2.77. The normalized spacial score (nSPS) is 10.2. The van der Waals surface area contributed by atoms with Gasteiger partial charge in [-0.3, -0.25) is 10.1 Å². The Balaban J connectivity index is 1.85. The number of aryl methyl sites for hydroxylation is 1. The van der Waals surface area contributed by atoms with Crippen LogP contribution >= 0.6 is 23.1 Å². The van der Waals surface area contributed by atoms with E-state index in [-0.39, 0.29) is 5.91 Å². The molecule has 1 aromatic heterocycles. The van der Waals surface area contributed by atoms with E-state index in [9.17, 15) is 10.1 Å². The van der Waals surface area contributed by atoms with Crippen LogP contribution in [0.1, 0.15) is 27.9 Å². The van der Waals surface area contributed by atoms with Crippen molar-refractivity contribution >= 4 is 34.1 Å². The van der Waals surface area contributed by atoms with Gasteiger partial charge in [0.2, 0.25) is 5.13 Å². The summed E-state index contributed by atoms with van der Waals surface area (Å²) in [6.45, 7) is 1.99. The van der Waals surface area contributed by atoms with Crippen LogP contribution in [-0.4, -0.2) is 16.1 Å². The average Bonchev–Trinajstić information content (AvgIpc) is 3.10. The highest BCUT2D eigenvalue weighted by atomic mass is 32.2. The maximum atomic E-state index is 12.6. The molecule has 0 spiro atoms. The zero-order valence-electron chi connectivity index (χ0n) is 13.4. The number of carbonyl (C=O) groups excluding carboxylic acids is 1. The molecule has 0 saturated carbocycles. The summed E-state index contributed by atoms with van der Waals surface area (Å²) in [6.07, 6.45) is 0.783.